The Morgan fingerprint density at radius 3 is 2.39 bits per heavy atom. The summed E-state index contributed by atoms with van der Waals surface area (Å²) in [5, 5.41) is 2.46. The molecule has 33 heavy (non-hydrogen) atoms. The van der Waals surface area contributed by atoms with Crippen LogP contribution >= 0.6 is 23.2 Å². The van der Waals surface area contributed by atoms with Crippen molar-refractivity contribution in [3.63, 3.8) is 0 Å². The number of carbonyl (C=O) groups is 2. The number of rotatable bonds is 12. The summed E-state index contributed by atoms with van der Waals surface area (Å²) < 4.78 is 5.92. The van der Waals surface area contributed by atoms with Crippen LogP contribution in [0.5, 0.6) is 0 Å². The smallest absolute Gasteiger partial charge is 0.350 e. The second-order valence-electron chi connectivity index (χ2n) is 7.01. The molecule has 1 unspecified atom stereocenters. The Bertz CT molecular complexity index is 1040. The molecular weight excluding hydrogens is 473 g/mol. The first-order valence-corrected chi connectivity index (χ1v) is 11.4. The highest BCUT2D eigenvalue weighted by Gasteiger charge is 2.28. The Kier molecular flexibility index (Phi) is 10.4. The third kappa shape index (κ3) is 7.34. The van der Waals surface area contributed by atoms with Crippen LogP contribution in [0, 0.1) is 0 Å². The van der Waals surface area contributed by atoms with E-state index in [0.29, 0.717) is 0 Å². The topological polar surface area (TPSA) is 140 Å². The van der Waals surface area contributed by atoms with Gasteiger partial charge in [0, 0.05) is 31.0 Å². The number of alkyl halides is 2. The van der Waals surface area contributed by atoms with Crippen LogP contribution in [0.2, 0.25) is 0 Å². The molecule has 0 bridgehead atoms. The summed E-state index contributed by atoms with van der Waals surface area (Å²) in [6.07, 6.45) is -0.158. The van der Waals surface area contributed by atoms with Gasteiger partial charge in [0.1, 0.15) is 5.69 Å². The van der Waals surface area contributed by atoms with Crippen LogP contribution < -0.4 is 27.2 Å². The summed E-state index contributed by atoms with van der Waals surface area (Å²) in [6.45, 7) is 2.14. The minimum atomic E-state index is -1.55. The maximum atomic E-state index is 12.8. The van der Waals surface area contributed by atoms with Gasteiger partial charge >= 0.3 is 11.7 Å². The van der Waals surface area contributed by atoms with E-state index in [0.717, 1.165) is 10.1 Å². The van der Waals surface area contributed by atoms with Crippen LogP contribution in [0.4, 0.5) is 5.69 Å². The first-order valence-electron chi connectivity index (χ1n) is 10.3. The molecule has 0 aliphatic heterocycles. The van der Waals surface area contributed by atoms with Gasteiger partial charge < -0.3 is 20.7 Å². The zero-order valence-electron chi connectivity index (χ0n) is 18.1. The van der Waals surface area contributed by atoms with Gasteiger partial charge in [-0.2, -0.15) is 0 Å². The standard InChI is InChI=1S/C21H27Cl2N5O5/c1-2-33-20(31)17(25-18(29)15(24)12-14-6-4-3-5-7-14)28-13-16(19(30)26-21(28)32)27(10-8-22)11-9-23/h3-7,13,15,17H,2,8-12,24H2,1H3,(H,25,29)(H,26,30,32)/t15-,17?/m0/s1. The number of esters is 1. The zero-order chi connectivity index (χ0) is 24.4. The molecular formula is C21H27Cl2N5O5. The molecule has 180 valence electrons. The molecule has 0 fully saturated rings. The van der Waals surface area contributed by atoms with Crippen molar-refractivity contribution in [2.45, 2.75) is 25.6 Å². The third-order valence-corrected chi connectivity index (χ3v) is 5.04. The lowest BCUT2D eigenvalue weighted by molar-refractivity contribution is -0.150. The van der Waals surface area contributed by atoms with Crippen LogP contribution in [0.25, 0.3) is 0 Å². The fourth-order valence-electron chi connectivity index (χ4n) is 3.11. The number of aromatic nitrogens is 2. The van der Waals surface area contributed by atoms with Crippen molar-refractivity contribution in [2.24, 2.45) is 5.73 Å². The summed E-state index contributed by atoms with van der Waals surface area (Å²) in [7, 11) is 0. The number of nitrogens with zero attached hydrogens (tertiary/aromatic N) is 2. The number of aromatic amines is 1. The molecule has 10 nitrogen and oxygen atoms in total. The molecule has 1 aromatic heterocycles. The van der Waals surface area contributed by atoms with E-state index in [1.807, 2.05) is 30.3 Å². The fraction of sp³-hybridized carbons (Fsp3) is 0.429. The lowest BCUT2D eigenvalue weighted by atomic mass is 10.1. The Hall–Kier alpha value is -2.82. The molecule has 2 atom stereocenters. The van der Waals surface area contributed by atoms with E-state index in [-0.39, 0.29) is 43.6 Å². The van der Waals surface area contributed by atoms with Crippen molar-refractivity contribution in [3.05, 3.63) is 62.9 Å². The molecule has 2 rings (SSSR count). The molecule has 0 saturated heterocycles. The van der Waals surface area contributed by atoms with Crippen LogP contribution in [0.15, 0.2) is 46.1 Å². The van der Waals surface area contributed by atoms with Gasteiger partial charge in [0.2, 0.25) is 12.1 Å². The average molecular weight is 500 g/mol. The first-order chi connectivity index (χ1) is 15.8. The van der Waals surface area contributed by atoms with Gasteiger partial charge in [0.25, 0.3) is 5.56 Å². The van der Waals surface area contributed by atoms with Gasteiger partial charge in [0.05, 0.1) is 12.6 Å². The van der Waals surface area contributed by atoms with Crippen LogP contribution in [-0.2, 0) is 20.7 Å². The van der Waals surface area contributed by atoms with Crippen molar-refractivity contribution >= 4 is 40.8 Å². The van der Waals surface area contributed by atoms with E-state index >= 15 is 0 Å². The van der Waals surface area contributed by atoms with Crippen molar-refractivity contribution < 1.29 is 14.3 Å². The minimum absolute atomic E-state index is 0.0108. The molecule has 12 heteroatoms. The molecule has 0 aliphatic carbocycles. The quantitative estimate of drug-likeness (QED) is 0.286. The number of amides is 1. The van der Waals surface area contributed by atoms with Gasteiger partial charge in [0.15, 0.2) is 0 Å². The van der Waals surface area contributed by atoms with E-state index in [1.54, 1.807) is 11.8 Å². The lowest BCUT2D eigenvalue weighted by Gasteiger charge is -2.25. The number of H-pyrrole nitrogens is 1. The first kappa shape index (κ1) is 26.4. The van der Waals surface area contributed by atoms with Gasteiger partial charge in [-0.1, -0.05) is 30.3 Å². The second-order valence-corrected chi connectivity index (χ2v) is 7.76. The van der Waals surface area contributed by atoms with Crippen molar-refractivity contribution in [2.75, 3.05) is 36.4 Å². The number of hydrogen-bond acceptors (Lipinski definition) is 7. The number of nitrogens with one attached hydrogen (secondary N) is 2. The molecule has 0 spiro atoms. The van der Waals surface area contributed by atoms with Gasteiger partial charge in [-0.05, 0) is 18.9 Å². The summed E-state index contributed by atoms with van der Waals surface area (Å²) in [5.41, 5.74) is 5.33. The molecule has 1 heterocycles. The van der Waals surface area contributed by atoms with E-state index < -0.39 is 35.3 Å². The number of carbonyl (C=O) groups excluding carboxylic acids is 2. The molecule has 2 aromatic rings. The Balaban J connectivity index is 2.39. The Morgan fingerprint density at radius 2 is 1.82 bits per heavy atom. The fourth-order valence-corrected chi connectivity index (χ4v) is 3.52. The molecule has 1 aromatic carbocycles. The average Bonchev–Trinajstić information content (AvgIpc) is 2.78. The number of anilines is 1. The molecule has 4 N–H and O–H groups in total. The van der Waals surface area contributed by atoms with E-state index in [1.165, 1.54) is 6.20 Å². The number of nitrogens with two attached hydrogens (primary N) is 1. The van der Waals surface area contributed by atoms with Crippen molar-refractivity contribution in [1.29, 1.82) is 0 Å². The van der Waals surface area contributed by atoms with Crippen molar-refractivity contribution in [3.8, 4) is 0 Å². The molecule has 1 amide bonds. The van der Waals surface area contributed by atoms with E-state index in [9.17, 15) is 19.2 Å². The SMILES string of the molecule is CCOC(=O)C(NC(=O)[C@@H](N)Cc1ccccc1)n1cc(N(CCCl)CCCl)c(=O)[nH]c1=O. The molecule has 0 aliphatic rings. The number of hydrogen-bond donors (Lipinski definition) is 3. The van der Waals surface area contributed by atoms with E-state index in [4.69, 9.17) is 33.7 Å². The highest BCUT2D eigenvalue weighted by molar-refractivity contribution is 6.18. The van der Waals surface area contributed by atoms with Gasteiger partial charge in [-0.15, -0.1) is 23.2 Å². The predicted octanol–water partition coefficient (Wildman–Crippen LogP) is 0.569. The monoisotopic (exact) mass is 499 g/mol. The predicted molar refractivity (Wildman–Crippen MR) is 127 cm³/mol. The van der Waals surface area contributed by atoms with E-state index in [2.05, 4.69) is 10.3 Å². The van der Waals surface area contributed by atoms with Crippen molar-refractivity contribution in [1.82, 2.24) is 14.9 Å². The maximum Gasteiger partial charge on any atom is 0.350 e. The number of benzene rings is 1. The highest BCUT2D eigenvalue weighted by Crippen LogP contribution is 2.11. The van der Waals surface area contributed by atoms with Gasteiger partial charge in [-0.3, -0.25) is 19.1 Å². The summed E-state index contributed by atoms with van der Waals surface area (Å²) in [6, 6.07) is 8.11. The second kappa shape index (κ2) is 13.0. The summed E-state index contributed by atoms with van der Waals surface area (Å²) in [5.74, 6) is -1.17. The Labute approximate surface area is 200 Å². The van der Waals surface area contributed by atoms with Crippen LogP contribution in [0.1, 0.15) is 18.7 Å². The third-order valence-electron chi connectivity index (χ3n) is 4.70. The van der Waals surface area contributed by atoms with Crippen LogP contribution in [-0.4, -0.2) is 58.9 Å². The Morgan fingerprint density at radius 1 is 1.18 bits per heavy atom. The number of halogens is 2. The minimum Gasteiger partial charge on any atom is -0.463 e. The maximum absolute atomic E-state index is 12.8. The summed E-state index contributed by atoms with van der Waals surface area (Å²) >= 11 is 11.6. The van der Waals surface area contributed by atoms with Crippen LogP contribution in [0.3, 0.4) is 0 Å². The largest absolute Gasteiger partial charge is 0.463 e. The van der Waals surface area contributed by atoms with Gasteiger partial charge in [-0.25, -0.2) is 9.59 Å². The molecule has 0 radical (unpaired) electrons. The number of ether oxygens (including phenoxy) is 1. The summed E-state index contributed by atoms with van der Waals surface area (Å²) in [4.78, 5) is 54.1. The normalized spacial score (nSPS) is 12.6. The zero-order valence-corrected chi connectivity index (χ0v) is 19.6. The lowest BCUT2D eigenvalue weighted by Crippen LogP contribution is -2.50. The highest BCUT2D eigenvalue weighted by atomic mass is 35.5. The molecule has 0 saturated carbocycles.